The van der Waals surface area contributed by atoms with Crippen LogP contribution < -0.4 is 0 Å². The van der Waals surface area contributed by atoms with E-state index >= 15 is 0 Å². The smallest absolute Gasteiger partial charge is 0.374 e. The van der Waals surface area contributed by atoms with Gasteiger partial charge in [-0.1, -0.05) is 12.1 Å². The molecule has 2 rings (SSSR count). The fraction of sp³-hybridized carbons (Fsp3) is 0.200. The number of hydrogen-bond donors (Lipinski definition) is 0. The minimum Gasteiger partial charge on any atom is -0.463 e. The van der Waals surface area contributed by atoms with Gasteiger partial charge in [-0.05, 0) is 41.1 Å². The second-order valence-electron chi connectivity index (χ2n) is 4.27. The van der Waals surface area contributed by atoms with Gasteiger partial charge in [-0.3, -0.25) is 0 Å². The van der Waals surface area contributed by atoms with E-state index in [1.54, 1.807) is 37.3 Å². The number of rotatable bonds is 4. The number of methoxy groups -OCH3 is 1. The number of esters is 2. The van der Waals surface area contributed by atoms with Crippen LogP contribution in [0.2, 0.25) is 0 Å². The second-order valence-corrected chi connectivity index (χ2v) is 5.13. The van der Waals surface area contributed by atoms with E-state index in [1.807, 2.05) is 0 Å². The molecule has 0 radical (unpaired) electrons. The predicted molar refractivity (Wildman–Crippen MR) is 78.0 cm³/mol. The van der Waals surface area contributed by atoms with Crippen LogP contribution in [-0.4, -0.2) is 19.0 Å². The second kappa shape index (κ2) is 6.58. The van der Waals surface area contributed by atoms with Crippen molar-refractivity contribution in [2.24, 2.45) is 0 Å². The highest BCUT2D eigenvalue weighted by atomic mass is 79.9. The van der Waals surface area contributed by atoms with Crippen LogP contribution in [0.1, 0.15) is 32.2 Å². The van der Waals surface area contributed by atoms with Crippen LogP contribution in [0, 0.1) is 6.92 Å². The summed E-state index contributed by atoms with van der Waals surface area (Å²) in [5.74, 6) is -0.537. The summed E-state index contributed by atoms with van der Waals surface area (Å²) in [6.45, 7) is 1.66. The summed E-state index contributed by atoms with van der Waals surface area (Å²) in [6, 6.07) is 8.59. The zero-order valence-corrected chi connectivity index (χ0v) is 13.1. The molecule has 110 valence electrons. The first-order valence-electron chi connectivity index (χ1n) is 6.12. The fourth-order valence-corrected chi connectivity index (χ4v) is 2.20. The summed E-state index contributed by atoms with van der Waals surface area (Å²) in [5.41, 5.74) is 1.06. The Morgan fingerprint density at radius 3 is 2.62 bits per heavy atom. The Kier molecular flexibility index (Phi) is 4.80. The Bertz CT molecular complexity index is 674. The van der Waals surface area contributed by atoms with E-state index in [1.165, 1.54) is 7.11 Å². The maximum Gasteiger partial charge on any atom is 0.374 e. The zero-order chi connectivity index (χ0) is 15.4. The highest BCUT2D eigenvalue weighted by Crippen LogP contribution is 2.19. The Labute approximate surface area is 130 Å². The van der Waals surface area contributed by atoms with E-state index in [0.717, 1.165) is 0 Å². The largest absolute Gasteiger partial charge is 0.463 e. The number of ether oxygens (including phenoxy) is 2. The highest BCUT2D eigenvalue weighted by molar-refractivity contribution is 9.10. The quantitative estimate of drug-likeness (QED) is 0.788. The van der Waals surface area contributed by atoms with E-state index in [2.05, 4.69) is 20.7 Å². The zero-order valence-electron chi connectivity index (χ0n) is 11.5. The molecule has 0 saturated heterocycles. The van der Waals surface area contributed by atoms with Crippen LogP contribution in [0.15, 0.2) is 39.2 Å². The first-order chi connectivity index (χ1) is 10.0. The van der Waals surface area contributed by atoms with Crippen molar-refractivity contribution >= 4 is 27.9 Å². The van der Waals surface area contributed by atoms with E-state index < -0.39 is 11.9 Å². The molecular formula is C15H13BrO5. The average molecular weight is 353 g/mol. The topological polar surface area (TPSA) is 65.7 Å². The maximum absolute atomic E-state index is 11.9. The van der Waals surface area contributed by atoms with Crippen molar-refractivity contribution in [2.75, 3.05) is 7.11 Å². The summed E-state index contributed by atoms with van der Waals surface area (Å²) in [4.78, 5) is 23.4. The number of carbonyl (C=O) groups excluding carboxylic acids is 2. The van der Waals surface area contributed by atoms with E-state index in [4.69, 9.17) is 9.15 Å². The molecule has 0 atom stereocenters. The molecule has 2 aromatic rings. The first kappa shape index (κ1) is 15.3. The van der Waals surface area contributed by atoms with Crippen molar-refractivity contribution in [1.82, 2.24) is 0 Å². The highest BCUT2D eigenvalue weighted by Gasteiger charge is 2.17. The molecule has 6 heteroatoms. The molecule has 0 bridgehead atoms. The van der Waals surface area contributed by atoms with Crippen molar-refractivity contribution in [3.8, 4) is 0 Å². The van der Waals surface area contributed by atoms with Gasteiger partial charge in [-0.15, -0.1) is 0 Å². The van der Waals surface area contributed by atoms with Crippen LogP contribution in [0.4, 0.5) is 0 Å². The van der Waals surface area contributed by atoms with Crippen LogP contribution in [0.5, 0.6) is 0 Å². The summed E-state index contributed by atoms with van der Waals surface area (Å²) >= 11 is 3.28. The van der Waals surface area contributed by atoms with Gasteiger partial charge in [0, 0.05) is 10.0 Å². The van der Waals surface area contributed by atoms with Crippen LogP contribution in [0.25, 0.3) is 0 Å². The standard InChI is InChI=1S/C15H13BrO5/c1-9-7-10(21-13(9)15(18)19-2)8-20-14(17)11-5-3-4-6-12(11)16/h3-7H,8H2,1-2H3. The van der Waals surface area contributed by atoms with Gasteiger partial charge in [0.05, 0.1) is 12.7 Å². The molecule has 0 aliphatic heterocycles. The molecule has 0 saturated carbocycles. The molecule has 0 fully saturated rings. The number of halogens is 1. The third-order valence-electron chi connectivity index (χ3n) is 2.78. The molecule has 0 amide bonds. The van der Waals surface area contributed by atoms with Gasteiger partial charge >= 0.3 is 11.9 Å². The summed E-state index contributed by atoms with van der Waals surface area (Å²) in [5, 5.41) is 0. The van der Waals surface area contributed by atoms with Gasteiger partial charge in [0.1, 0.15) is 12.4 Å². The van der Waals surface area contributed by atoms with Gasteiger partial charge < -0.3 is 13.9 Å². The molecule has 0 spiro atoms. The maximum atomic E-state index is 11.9. The van der Waals surface area contributed by atoms with Crippen LogP contribution in [0.3, 0.4) is 0 Å². The Balaban J connectivity index is 2.05. The van der Waals surface area contributed by atoms with Crippen molar-refractivity contribution in [3.63, 3.8) is 0 Å². The van der Waals surface area contributed by atoms with Crippen molar-refractivity contribution < 1.29 is 23.5 Å². The molecular weight excluding hydrogens is 340 g/mol. The predicted octanol–water partition coefficient (Wildman–Crippen LogP) is 3.49. The summed E-state index contributed by atoms with van der Waals surface area (Å²) < 4.78 is 15.7. The van der Waals surface area contributed by atoms with Crippen molar-refractivity contribution in [2.45, 2.75) is 13.5 Å². The number of benzene rings is 1. The SMILES string of the molecule is COC(=O)c1oc(COC(=O)c2ccccc2Br)cc1C. The number of furan rings is 1. The first-order valence-corrected chi connectivity index (χ1v) is 6.91. The minimum absolute atomic E-state index is 0.0575. The lowest BCUT2D eigenvalue weighted by Crippen LogP contribution is -2.05. The normalized spacial score (nSPS) is 10.2. The molecule has 21 heavy (non-hydrogen) atoms. The summed E-state index contributed by atoms with van der Waals surface area (Å²) in [7, 11) is 1.27. The molecule has 1 heterocycles. The van der Waals surface area contributed by atoms with Gasteiger partial charge in [0.15, 0.2) is 0 Å². The Morgan fingerprint density at radius 1 is 1.24 bits per heavy atom. The van der Waals surface area contributed by atoms with Crippen LogP contribution in [-0.2, 0) is 16.1 Å². The summed E-state index contributed by atoms with van der Waals surface area (Å²) in [6.07, 6.45) is 0. The van der Waals surface area contributed by atoms with Gasteiger partial charge in [0.2, 0.25) is 5.76 Å². The molecule has 0 aliphatic carbocycles. The van der Waals surface area contributed by atoms with E-state index in [-0.39, 0.29) is 12.4 Å². The Hall–Kier alpha value is -2.08. The third-order valence-corrected chi connectivity index (χ3v) is 3.47. The molecule has 0 aliphatic rings. The minimum atomic E-state index is -0.559. The molecule has 0 N–H and O–H groups in total. The average Bonchev–Trinajstić information content (AvgIpc) is 2.85. The van der Waals surface area contributed by atoms with E-state index in [9.17, 15) is 9.59 Å². The van der Waals surface area contributed by atoms with Crippen LogP contribution >= 0.6 is 15.9 Å². The van der Waals surface area contributed by atoms with E-state index in [0.29, 0.717) is 21.4 Å². The van der Waals surface area contributed by atoms with Gasteiger partial charge in [-0.25, -0.2) is 9.59 Å². The molecule has 1 aromatic heterocycles. The lowest BCUT2D eigenvalue weighted by atomic mass is 10.2. The lowest BCUT2D eigenvalue weighted by Gasteiger charge is -2.04. The third kappa shape index (κ3) is 3.52. The Morgan fingerprint density at radius 2 is 1.95 bits per heavy atom. The fourth-order valence-electron chi connectivity index (χ4n) is 1.76. The molecule has 1 aromatic carbocycles. The number of hydrogen-bond acceptors (Lipinski definition) is 5. The van der Waals surface area contributed by atoms with Crippen molar-refractivity contribution in [3.05, 3.63) is 57.5 Å². The van der Waals surface area contributed by atoms with Gasteiger partial charge in [-0.2, -0.15) is 0 Å². The lowest BCUT2D eigenvalue weighted by molar-refractivity contribution is 0.0437. The number of carbonyl (C=O) groups is 2. The number of aryl methyl sites for hydroxylation is 1. The van der Waals surface area contributed by atoms with Crippen molar-refractivity contribution in [1.29, 1.82) is 0 Å². The molecule has 5 nitrogen and oxygen atoms in total. The molecule has 0 unspecified atom stereocenters. The van der Waals surface area contributed by atoms with Gasteiger partial charge in [0.25, 0.3) is 0 Å². The monoisotopic (exact) mass is 352 g/mol.